The summed E-state index contributed by atoms with van der Waals surface area (Å²) in [7, 11) is -4.84. The molecule has 0 radical (unpaired) electrons. The Balaban J connectivity index is 1.50. The fourth-order valence-electron chi connectivity index (χ4n) is 3.94. The maximum absolute atomic E-state index is 13.0. The van der Waals surface area contributed by atoms with Crippen molar-refractivity contribution in [3.63, 3.8) is 0 Å². The Kier molecular flexibility index (Phi) is 8.45. The Hall–Kier alpha value is -3.65. The molecule has 11 nitrogen and oxygen atoms in total. The molecule has 0 saturated carbocycles. The van der Waals surface area contributed by atoms with Gasteiger partial charge in [-0.25, -0.2) is 16.8 Å². The van der Waals surface area contributed by atoms with Crippen molar-refractivity contribution in [2.45, 2.75) is 16.7 Å². The molecule has 0 bridgehead atoms. The molecule has 1 aliphatic rings. The van der Waals surface area contributed by atoms with Crippen LogP contribution in [0.3, 0.4) is 0 Å². The Bertz CT molecular complexity index is 1570. The van der Waals surface area contributed by atoms with Gasteiger partial charge >= 0.3 is 0 Å². The monoisotopic (exact) mass is 575 g/mol. The number of rotatable bonds is 9. The Morgan fingerprint density at radius 3 is 2.18 bits per heavy atom. The largest absolute Gasteiger partial charge is 0.497 e. The van der Waals surface area contributed by atoms with Gasteiger partial charge in [0.15, 0.2) is 0 Å². The van der Waals surface area contributed by atoms with Gasteiger partial charge < -0.3 is 19.5 Å². The minimum Gasteiger partial charge on any atom is -0.497 e. The number of amides is 1. The second-order valence-corrected chi connectivity index (χ2v) is 12.3. The number of ether oxygens (including phenoxy) is 3. The minimum absolute atomic E-state index is 0.0154. The highest BCUT2D eigenvalue weighted by molar-refractivity contribution is 7.92. The van der Waals surface area contributed by atoms with Crippen molar-refractivity contribution >= 4 is 37.3 Å². The fraction of sp³-hybridized carbons (Fsp3) is 0.269. The summed E-state index contributed by atoms with van der Waals surface area (Å²) in [5.41, 5.74) is 1.35. The lowest BCUT2D eigenvalue weighted by Crippen LogP contribution is -2.40. The maximum Gasteiger partial charge on any atom is 0.262 e. The Morgan fingerprint density at radius 2 is 1.54 bits per heavy atom. The summed E-state index contributed by atoms with van der Waals surface area (Å²) in [6.45, 7) is 2.82. The molecule has 1 amide bonds. The van der Waals surface area contributed by atoms with Gasteiger partial charge in [-0.05, 0) is 61.0 Å². The van der Waals surface area contributed by atoms with Crippen molar-refractivity contribution in [3.8, 4) is 11.5 Å². The molecule has 39 heavy (non-hydrogen) atoms. The van der Waals surface area contributed by atoms with Crippen LogP contribution in [0.25, 0.3) is 0 Å². The number of aryl methyl sites for hydroxylation is 1. The highest BCUT2D eigenvalue weighted by atomic mass is 32.2. The molecule has 2 N–H and O–H groups in total. The van der Waals surface area contributed by atoms with Crippen molar-refractivity contribution in [2.24, 2.45) is 0 Å². The lowest BCUT2D eigenvalue weighted by atomic mass is 10.1. The zero-order chi connectivity index (χ0) is 28.2. The summed E-state index contributed by atoms with van der Waals surface area (Å²) < 4.78 is 71.3. The van der Waals surface area contributed by atoms with Crippen LogP contribution < -0.4 is 19.5 Å². The van der Waals surface area contributed by atoms with Crippen molar-refractivity contribution in [3.05, 3.63) is 71.8 Å². The van der Waals surface area contributed by atoms with Gasteiger partial charge in [0.25, 0.3) is 15.9 Å². The molecule has 0 unspecified atom stereocenters. The molecule has 1 aliphatic heterocycles. The van der Waals surface area contributed by atoms with Crippen molar-refractivity contribution in [2.75, 3.05) is 50.6 Å². The van der Waals surface area contributed by atoms with Crippen molar-refractivity contribution < 1.29 is 35.8 Å². The van der Waals surface area contributed by atoms with Crippen LogP contribution >= 0.6 is 0 Å². The van der Waals surface area contributed by atoms with Crippen LogP contribution in [0.1, 0.15) is 15.9 Å². The standard InChI is InChI=1S/C26H29N3O8S2/c1-18-4-8-22(39(33,34)29-12-14-37-15-13-29)17-23(18)26(30)27-19-5-9-21(10-6-19)38(31,32)28-24-11-7-20(35-2)16-25(24)36-3/h4-11,16-17,28H,12-15H2,1-3H3,(H,27,30). The van der Waals surface area contributed by atoms with E-state index in [1.807, 2.05) is 0 Å². The molecule has 1 heterocycles. The molecular formula is C26H29N3O8S2. The number of sulfonamides is 2. The summed E-state index contributed by atoms with van der Waals surface area (Å²) in [6.07, 6.45) is 0. The molecule has 1 fully saturated rings. The first kappa shape index (κ1) is 28.4. The fourth-order valence-corrected chi connectivity index (χ4v) is 6.45. The first-order valence-corrected chi connectivity index (χ1v) is 14.8. The van der Waals surface area contributed by atoms with E-state index in [1.165, 1.54) is 61.0 Å². The van der Waals surface area contributed by atoms with Gasteiger partial charge in [-0.2, -0.15) is 4.31 Å². The van der Waals surface area contributed by atoms with Crippen molar-refractivity contribution in [1.29, 1.82) is 0 Å². The van der Waals surface area contributed by atoms with Crippen LogP contribution in [-0.4, -0.2) is 67.6 Å². The molecule has 3 aromatic carbocycles. The first-order valence-electron chi connectivity index (χ1n) is 11.9. The quantitative estimate of drug-likeness (QED) is 0.397. The van der Waals surface area contributed by atoms with E-state index in [9.17, 15) is 21.6 Å². The van der Waals surface area contributed by atoms with E-state index in [0.29, 0.717) is 30.2 Å². The summed E-state index contributed by atoms with van der Waals surface area (Å²) in [4.78, 5) is 13.0. The third-order valence-corrected chi connectivity index (χ3v) is 9.41. The molecule has 0 spiro atoms. The number of carbonyl (C=O) groups excluding carboxylic acids is 1. The number of methoxy groups -OCH3 is 2. The Labute approximate surface area is 227 Å². The van der Waals surface area contributed by atoms with E-state index in [4.69, 9.17) is 14.2 Å². The van der Waals surface area contributed by atoms with Gasteiger partial charge in [-0.3, -0.25) is 9.52 Å². The maximum atomic E-state index is 13.0. The number of morpholine rings is 1. The molecule has 208 valence electrons. The lowest BCUT2D eigenvalue weighted by molar-refractivity contribution is 0.0730. The second kappa shape index (κ2) is 11.6. The van der Waals surface area contributed by atoms with Gasteiger partial charge in [0.2, 0.25) is 10.0 Å². The number of nitrogens with one attached hydrogen (secondary N) is 2. The zero-order valence-electron chi connectivity index (χ0n) is 21.6. The number of nitrogens with zero attached hydrogens (tertiary/aromatic N) is 1. The smallest absolute Gasteiger partial charge is 0.262 e. The summed E-state index contributed by atoms with van der Waals surface area (Å²) >= 11 is 0. The van der Waals surface area contributed by atoms with E-state index >= 15 is 0 Å². The molecule has 1 saturated heterocycles. The summed E-state index contributed by atoms with van der Waals surface area (Å²) in [6, 6.07) is 14.7. The summed E-state index contributed by atoms with van der Waals surface area (Å²) in [5, 5.41) is 2.70. The number of carbonyl (C=O) groups is 1. The average Bonchev–Trinajstić information content (AvgIpc) is 2.94. The molecular weight excluding hydrogens is 546 g/mol. The van der Waals surface area contributed by atoms with Gasteiger partial charge in [-0.15, -0.1) is 0 Å². The third-order valence-electron chi connectivity index (χ3n) is 6.14. The van der Waals surface area contributed by atoms with Crippen LogP contribution in [0, 0.1) is 6.92 Å². The van der Waals surface area contributed by atoms with Crippen molar-refractivity contribution in [1.82, 2.24) is 4.31 Å². The number of benzene rings is 3. The van der Waals surface area contributed by atoms with Crippen LogP contribution in [-0.2, 0) is 24.8 Å². The Morgan fingerprint density at radius 1 is 0.872 bits per heavy atom. The molecule has 0 aliphatic carbocycles. The number of hydrogen-bond acceptors (Lipinski definition) is 8. The topological polar surface area (TPSA) is 140 Å². The highest BCUT2D eigenvalue weighted by Gasteiger charge is 2.27. The average molecular weight is 576 g/mol. The number of anilines is 2. The molecule has 3 aromatic rings. The van der Waals surface area contributed by atoms with Crippen LogP contribution in [0.5, 0.6) is 11.5 Å². The van der Waals surface area contributed by atoms with Gasteiger partial charge in [0.1, 0.15) is 11.5 Å². The SMILES string of the molecule is COc1ccc(NS(=O)(=O)c2ccc(NC(=O)c3cc(S(=O)(=O)N4CCOCC4)ccc3C)cc2)c(OC)c1. The minimum atomic E-state index is -3.97. The van der Waals surface area contributed by atoms with E-state index in [-0.39, 0.29) is 39.9 Å². The van der Waals surface area contributed by atoms with E-state index in [0.717, 1.165) is 0 Å². The van der Waals surface area contributed by atoms with E-state index in [1.54, 1.807) is 25.1 Å². The zero-order valence-corrected chi connectivity index (χ0v) is 23.3. The highest BCUT2D eigenvalue weighted by Crippen LogP contribution is 2.31. The van der Waals surface area contributed by atoms with Crippen LogP contribution in [0.4, 0.5) is 11.4 Å². The molecule has 0 atom stereocenters. The van der Waals surface area contributed by atoms with Crippen LogP contribution in [0.15, 0.2) is 70.5 Å². The predicted molar refractivity (Wildman–Crippen MR) is 146 cm³/mol. The van der Waals surface area contributed by atoms with Gasteiger partial charge in [-0.1, -0.05) is 6.07 Å². The molecule has 4 rings (SSSR count). The number of hydrogen-bond donors (Lipinski definition) is 2. The van der Waals surface area contributed by atoms with E-state index < -0.39 is 26.0 Å². The lowest BCUT2D eigenvalue weighted by Gasteiger charge is -2.26. The van der Waals surface area contributed by atoms with Gasteiger partial charge in [0, 0.05) is 30.4 Å². The molecule has 13 heteroatoms. The van der Waals surface area contributed by atoms with E-state index in [2.05, 4.69) is 10.0 Å². The first-order chi connectivity index (χ1) is 18.5. The van der Waals surface area contributed by atoms with Crippen LogP contribution in [0.2, 0.25) is 0 Å². The summed E-state index contributed by atoms with van der Waals surface area (Å²) in [5.74, 6) is 0.271. The third kappa shape index (κ3) is 6.33. The van der Waals surface area contributed by atoms with Gasteiger partial charge in [0.05, 0.1) is 42.9 Å². The second-order valence-electron chi connectivity index (χ2n) is 8.64. The predicted octanol–water partition coefficient (Wildman–Crippen LogP) is 3.09. The normalized spacial score (nSPS) is 14.4. The molecule has 0 aromatic heterocycles.